The van der Waals surface area contributed by atoms with Crippen molar-refractivity contribution in [3.05, 3.63) is 35.4 Å². The number of rotatable bonds is 4. The third-order valence-corrected chi connectivity index (χ3v) is 5.48. The summed E-state index contributed by atoms with van der Waals surface area (Å²) < 4.78 is 0. The summed E-state index contributed by atoms with van der Waals surface area (Å²) in [7, 11) is 0. The second-order valence-electron chi connectivity index (χ2n) is 6.78. The molecule has 1 saturated carbocycles. The molecule has 1 aromatic carbocycles. The van der Waals surface area contributed by atoms with E-state index in [0.29, 0.717) is 6.04 Å². The molecule has 0 saturated heterocycles. The second-order valence-corrected chi connectivity index (χ2v) is 6.78. The number of aryl methyl sites for hydroxylation is 1. The van der Waals surface area contributed by atoms with E-state index < -0.39 is 0 Å². The van der Waals surface area contributed by atoms with Crippen molar-refractivity contribution in [3.63, 3.8) is 0 Å². The molecule has 2 unspecified atom stereocenters. The SMILES string of the molecule is NNC(CC1CCCCC1)C1CCc2ccccc2C1. The first-order valence-corrected chi connectivity index (χ1v) is 8.39. The van der Waals surface area contributed by atoms with Crippen LogP contribution in [0, 0.1) is 11.8 Å². The van der Waals surface area contributed by atoms with Crippen molar-refractivity contribution in [2.45, 2.75) is 63.8 Å². The summed E-state index contributed by atoms with van der Waals surface area (Å²) in [5, 5.41) is 0. The zero-order valence-electron chi connectivity index (χ0n) is 12.5. The zero-order chi connectivity index (χ0) is 13.8. The van der Waals surface area contributed by atoms with Crippen LogP contribution in [0.5, 0.6) is 0 Å². The third kappa shape index (κ3) is 3.24. The Bertz CT molecular complexity index is 423. The van der Waals surface area contributed by atoms with Gasteiger partial charge in [0.05, 0.1) is 0 Å². The largest absolute Gasteiger partial charge is 0.271 e. The van der Waals surface area contributed by atoms with E-state index in [-0.39, 0.29) is 0 Å². The highest BCUT2D eigenvalue weighted by molar-refractivity contribution is 5.30. The number of hydrazine groups is 1. The number of hydrogen-bond donors (Lipinski definition) is 2. The molecule has 0 bridgehead atoms. The average Bonchev–Trinajstić information content (AvgIpc) is 2.53. The molecule has 0 radical (unpaired) electrons. The Morgan fingerprint density at radius 1 is 1.05 bits per heavy atom. The van der Waals surface area contributed by atoms with Crippen LogP contribution in [-0.2, 0) is 12.8 Å². The molecular weight excluding hydrogens is 244 g/mol. The number of nitrogens with one attached hydrogen (secondary N) is 1. The molecule has 1 fully saturated rings. The van der Waals surface area contributed by atoms with Crippen LogP contribution < -0.4 is 11.3 Å². The van der Waals surface area contributed by atoms with Crippen molar-refractivity contribution in [3.8, 4) is 0 Å². The van der Waals surface area contributed by atoms with E-state index >= 15 is 0 Å². The molecule has 0 heterocycles. The van der Waals surface area contributed by atoms with Gasteiger partial charge in [-0.25, -0.2) is 0 Å². The van der Waals surface area contributed by atoms with Crippen molar-refractivity contribution in [2.75, 3.05) is 0 Å². The number of benzene rings is 1. The van der Waals surface area contributed by atoms with E-state index in [2.05, 4.69) is 29.7 Å². The molecular formula is C18H28N2. The maximum atomic E-state index is 5.89. The Hall–Kier alpha value is -0.860. The first-order chi connectivity index (χ1) is 9.86. The van der Waals surface area contributed by atoms with E-state index in [1.165, 1.54) is 57.8 Å². The molecule has 2 nitrogen and oxygen atoms in total. The maximum absolute atomic E-state index is 5.89. The van der Waals surface area contributed by atoms with Crippen LogP contribution >= 0.6 is 0 Å². The molecule has 1 aromatic rings. The van der Waals surface area contributed by atoms with Crippen LogP contribution in [-0.4, -0.2) is 6.04 Å². The quantitative estimate of drug-likeness (QED) is 0.649. The van der Waals surface area contributed by atoms with Crippen molar-refractivity contribution >= 4 is 0 Å². The van der Waals surface area contributed by atoms with E-state index in [1.54, 1.807) is 11.1 Å². The average molecular weight is 272 g/mol. The van der Waals surface area contributed by atoms with Crippen LogP contribution in [0.2, 0.25) is 0 Å². The molecule has 20 heavy (non-hydrogen) atoms. The molecule has 2 aliphatic carbocycles. The lowest BCUT2D eigenvalue weighted by Gasteiger charge is -2.34. The molecule has 110 valence electrons. The van der Waals surface area contributed by atoms with Crippen molar-refractivity contribution in [1.29, 1.82) is 0 Å². The lowest BCUT2D eigenvalue weighted by molar-refractivity contribution is 0.237. The minimum atomic E-state index is 0.506. The molecule has 0 aliphatic heterocycles. The smallest absolute Gasteiger partial charge is 0.0244 e. The number of hydrogen-bond acceptors (Lipinski definition) is 2. The summed E-state index contributed by atoms with van der Waals surface area (Å²) >= 11 is 0. The topological polar surface area (TPSA) is 38.0 Å². The Morgan fingerprint density at radius 3 is 2.55 bits per heavy atom. The molecule has 2 heteroatoms. The van der Waals surface area contributed by atoms with Gasteiger partial charge in [-0.05, 0) is 48.6 Å². The fourth-order valence-corrected chi connectivity index (χ4v) is 4.25. The van der Waals surface area contributed by atoms with E-state index in [9.17, 15) is 0 Å². The highest BCUT2D eigenvalue weighted by Gasteiger charge is 2.28. The Kier molecular flexibility index (Phi) is 4.74. The third-order valence-electron chi connectivity index (χ3n) is 5.48. The lowest BCUT2D eigenvalue weighted by atomic mass is 9.75. The fraction of sp³-hybridized carbons (Fsp3) is 0.667. The molecule has 0 aromatic heterocycles. The van der Waals surface area contributed by atoms with Crippen molar-refractivity contribution in [1.82, 2.24) is 5.43 Å². The van der Waals surface area contributed by atoms with Gasteiger partial charge in [-0.3, -0.25) is 11.3 Å². The monoisotopic (exact) mass is 272 g/mol. The number of nitrogens with two attached hydrogens (primary N) is 1. The summed E-state index contributed by atoms with van der Waals surface area (Å²) in [6.45, 7) is 0. The van der Waals surface area contributed by atoms with Crippen LogP contribution in [0.1, 0.15) is 56.1 Å². The predicted molar refractivity (Wildman–Crippen MR) is 84.3 cm³/mol. The molecule has 3 N–H and O–H groups in total. The summed E-state index contributed by atoms with van der Waals surface area (Å²) in [6, 6.07) is 9.44. The van der Waals surface area contributed by atoms with Gasteiger partial charge in [0, 0.05) is 6.04 Å². The van der Waals surface area contributed by atoms with Gasteiger partial charge < -0.3 is 0 Å². The van der Waals surface area contributed by atoms with Crippen molar-refractivity contribution in [2.24, 2.45) is 17.7 Å². The van der Waals surface area contributed by atoms with E-state index in [4.69, 9.17) is 5.84 Å². The first-order valence-electron chi connectivity index (χ1n) is 8.39. The van der Waals surface area contributed by atoms with E-state index in [1.807, 2.05) is 0 Å². The van der Waals surface area contributed by atoms with Gasteiger partial charge in [0.1, 0.15) is 0 Å². The van der Waals surface area contributed by atoms with Gasteiger partial charge in [-0.15, -0.1) is 0 Å². The van der Waals surface area contributed by atoms with Crippen molar-refractivity contribution < 1.29 is 0 Å². The zero-order valence-corrected chi connectivity index (χ0v) is 12.5. The predicted octanol–water partition coefficient (Wildman–Crippen LogP) is 3.59. The van der Waals surface area contributed by atoms with Crippen LogP contribution in [0.4, 0.5) is 0 Å². The normalized spacial score (nSPS) is 25.1. The molecule has 0 spiro atoms. The highest BCUT2D eigenvalue weighted by Crippen LogP contribution is 2.33. The number of fused-ring (bicyclic) bond motifs is 1. The minimum Gasteiger partial charge on any atom is -0.271 e. The molecule has 3 rings (SSSR count). The Labute approximate surface area is 123 Å². The summed E-state index contributed by atoms with van der Waals surface area (Å²) in [4.78, 5) is 0. The van der Waals surface area contributed by atoms with Gasteiger partial charge in [0.2, 0.25) is 0 Å². The highest BCUT2D eigenvalue weighted by atomic mass is 15.2. The summed E-state index contributed by atoms with van der Waals surface area (Å²) in [5.41, 5.74) is 6.25. The molecule has 0 amide bonds. The Morgan fingerprint density at radius 2 is 1.80 bits per heavy atom. The lowest BCUT2D eigenvalue weighted by Crippen LogP contribution is -2.44. The summed E-state index contributed by atoms with van der Waals surface area (Å²) in [6.07, 6.45) is 12.1. The van der Waals surface area contributed by atoms with Gasteiger partial charge in [-0.2, -0.15) is 0 Å². The maximum Gasteiger partial charge on any atom is 0.0244 e. The molecule has 2 aliphatic rings. The Balaban J connectivity index is 1.62. The minimum absolute atomic E-state index is 0.506. The van der Waals surface area contributed by atoms with E-state index in [0.717, 1.165) is 11.8 Å². The van der Waals surface area contributed by atoms with Gasteiger partial charge in [0.25, 0.3) is 0 Å². The van der Waals surface area contributed by atoms with Crippen LogP contribution in [0.3, 0.4) is 0 Å². The second kappa shape index (κ2) is 6.73. The first kappa shape index (κ1) is 14.1. The fourth-order valence-electron chi connectivity index (χ4n) is 4.25. The van der Waals surface area contributed by atoms with Gasteiger partial charge >= 0.3 is 0 Å². The van der Waals surface area contributed by atoms with Gasteiger partial charge in [-0.1, -0.05) is 56.4 Å². The standard InChI is InChI=1S/C18H28N2/c19-20-18(12-14-6-2-1-3-7-14)17-11-10-15-8-4-5-9-16(15)13-17/h4-5,8-9,14,17-18,20H,1-3,6-7,10-13,19H2. The molecule has 2 atom stereocenters. The van der Waals surface area contributed by atoms with Crippen LogP contribution in [0.15, 0.2) is 24.3 Å². The summed E-state index contributed by atoms with van der Waals surface area (Å²) in [5.74, 6) is 7.51. The van der Waals surface area contributed by atoms with Crippen LogP contribution in [0.25, 0.3) is 0 Å². The van der Waals surface area contributed by atoms with Gasteiger partial charge in [0.15, 0.2) is 0 Å².